The van der Waals surface area contributed by atoms with Crippen molar-refractivity contribution in [3.63, 3.8) is 0 Å². The summed E-state index contributed by atoms with van der Waals surface area (Å²) in [4.78, 5) is 26.4. The highest BCUT2D eigenvalue weighted by Crippen LogP contribution is 2.30. The molecule has 2 aliphatic rings. The van der Waals surface area contributed by atoms with E-state index in [-0.39, 0.29) is 17.2 Å². The van der Waals surface area contributed by atoms with Crippen molar-refractivity contribution in [1.82, 2.24) is 15.5 Å². The maximum Gasteiger partial charge on any atom is 0.227 e. The molecule has 1 atom stereocenters. The molecular weight excluding hydrogens is 266 g/mol. The topological polar surface area (TPSA) is 61.4 Å². The van der Waals surface area contributed by atoms with E-state index in [0.717, 1.165) is 58.3 Å². The van der Waals surface area contributed by atoms with Crippen molar-refractivity contribution in [1.29, 1.82) is 0 Å². The minimum atomic E-state index is -0.271. The Kier molecular flexibility index (Phi) is 6.03. The minimum absolute atomic E-state index is 0.114. The zero-order chi connectivity index (χ0) is 15.1. The van der Waals surface area contributed by atoms with Crippen LogP contribution in [0.1, 0.15) is 51.9 Å². The molecule has 2 aliphatic heterocycles. The molecule has 0 radical (unpaired) electrons. The molecule has 2 fully saturated rings. The molecule has 2 amide bonds. The van der Waals surface area contributed by atoms with Crippen LogP contribution in [0, 0.1) is 5.41 Å². The van der Waals surface area contributed by atoms with Gasteiger partial charge in [-0.3, -0.25) is 9.59 Å². The number of hydrogen-bond donors (Lipinski definition) is 2. The number of hydrogen-bond acceptors (Lipinski definition) is 3. The van der Waals surface area contributed by atoms with Gasteiger partial charge in [0.2, 0.25) is 11.8 Å². The largest absolute Gasteiger partial charge is 0.355 e. The first-order valence-corrected chi connectivity index (χ1v) is 8.45. The average molecular weight is 295 g/mol. The van der Waals surface area contributed by atoms with Gasteiger partial charge in [-0.05, 0) is 45.1 Å². The SMILES string of the molecule is CCC1(C(=O)NCCC(=O)N2CCCCC2)CCCNC1. The van der Waals surface area contributed by atoms with Gasteiger partial charge in [-0.25, -0.2) is 0 Å². The molecule has 0 spiro atoms. The number of piperidine rings is 2. The van der Waals surface area contributed by atoms with Crippen LogP contribution in [-0.2, 0) is 9.59 Å². The van der Waals surface area contributed by atoms with Crippen LogP contribution < -0.4 is 10.6 Å². The fraction of sp³-hybridized carbons (Fsp3) is 0.875. The standard InChI is InChI=1S/C16H29N3O2/c1-2-16(8-6-9-17-13-16)15(21)18-10-7-14(20)19-11-4-3-5-12-19/h17H,2-13H2,1H3,(H,18,21). The molecule has 0 saturated carbocycles. The van der Waals surface area contributed by atoms with E-state index in [4.69, 9.17) is 0 Å². The molecule has 0 aliphatic carbocycles. The molecule has 2 saturated heterocycles. The van der Waals surface area contributed by atoms with Crippen LogP contribution in [0.2, 0.25) is 0 Å². The van der Waals surface area contributed by atoms with Gasteiger partial charge < -0.3 is 15.5 Å². The van der Waals surface area contributed by atoms with Gasteiger partial charge in [0.05, 0.1) is 5.41 Å². The van der Waals surface area contributed by atoms with Crippen molar-refractivity contribution >= 4 is 11.8 Å². The van der Waals surface area contributed by atoms with Crippen molar-refractivity contribution in [2.75, 3.05) is 32.7 Å². The van der Waals surface area contributed by atoms with Crippen LogP contribution in [0.3, 0.4) is 0 Å². The van der Waals surface area contributed by atoms with Crippen LogP contribution in [0.25, 0.3) is 0 Å². The van der Waals surface area contributed by atoms with Crippen LogP contribution in [0.15, 0.2) is 0 Å². The lowest BCUT2D eigenvalue weighted by molar-refractivity contribution is -0.133. The number of nitrogens with zero attached hydrogens (tertiary/aromatic N) is 1. The van der Waals surface area contributed by atoms with Crippen molar-refractivity contribution in [2.24, 2.45) is 5.41 Å². The summed E-state index contributed by atoms with van der Waals surface area (Å²) in [6, 6.07) is 0. The second-order valence-electron chi connectivity index (χ2n) is 6.36. The van der Waals surface area contributed by atoms with Crippen LogP contribution in [-0.4, -0.2) is 49.4 Å². The second kappa shape index (κ2) is 7.78. The zero-order valence-electron chi connectivity index (χ0n) is 13.2. The summed E-state index contributed by atoms with van der Waals surface area (Å²) >= 11 is 0. The maximum absolute atomic E-state index is 12.4. The lowest BCUT2D eigenvalue weighted by Crippen LogP contribution is -2.50. The summed E-state index contributed by atoms with van der Waals surface area (Å²) in [5.74, 6) is 0.297. The number of carbonyl (C=O) groups excluding carboxylic acids is 2. The van der Waals surface area contributed by atoms with E-state index in [9.17, 15) is 9.59 Å². The Morgan fingerprint density at radius 1 is 1.19 bits per heavy atom. The molecule has 0 aromatic carbocycles. The van der Waals surface area contributed by atoms with Crippen molar-refractivity contribution in [3.8, 4) is 0 Å². The molecule has 5 heteroatoms. The van der Waals surface area contributed by atoms with Gasteiger partial charge in [-0.15, -0.1) is 0 Å². The van der Waals surface area contributed by atoms with E-state index in [0.29, 0.717) is 13.0 Å². The summed E-state index contributed by atoms with van der Waals surface area (Å²) in [5, 5.41) is 6.31. The van der Waals surface area contributed by atoms with Gasteiger partial charge in [0.1, 0.15) is 0 Å². The van der Waals surface area contributed by atoms with Gasteiger partial charge in [0.25, 0.3) is 0 Å². The highest BCUT2D eigenvalue weighted by Gasteiger charge is 2.37. The highest BCUT2D eigenvalue weighted by atomic mass is 16.2. The maximum atomic E-state index is 12.4. The lowest BCUT2D eigenvalue weighted by atomic mass is 9.77. The average Bonchev–Trinajstić information content (AvgIpc) is 2.56. The molecule has 2 heterocycles. The normalized spacial score (nSPS) is 26.4. The fourth-order valence-electron chi connectivity index (χ4n) is 3.40. The van der Waals surface area contributed by atoms with E-state index in [2.05, 4.69) is 17.6 Å². The summed E-state index contributed by atoms with van der Waals surface area (Å²) in [7, 11) is 0. The molecule has 21 heavy (non-hydrogen) atoms. The molecule has 1 unspecified atom stereocenters. The van der Waals surface area contributed by atoms with Gasteiger partial charge in [0, 0.05) is 32.6 Å². The van der Waals surface area contributed by atoms with Gasteiger partial charge in [-0.2, -0.15) is 0 Å². The monoisotopic (exact) mass is 295 g/mol. The predicted octanol–water partition coefficient (Wildman–Crippen LogP) is 1.29. The van der Waals surface area contributed by atoms with Crippen LogP contribution in [0.5, 0.6) is 0 Å². The third kappa shape index (κ3) is 4.19. The van der Waals surface area contributed by atoms with Crippen LogP contribution >= 0.6 is 0 Å². The van der Waals surface area contributed by atoms with Gasteiger partial charge >= 0.3 is 0 Å². The molecule has 0 bridgehead atoms. The first kappa shape index (κ1) is 16.3. The summed E-state index contributed by atoms with van der Waals surface area (Å²) < 4.78 is 0. The first-order chi connectivity index (χ1) is 10.2. The van der Waals surface area contributed by atoms with Crippen molar-refractivity contribution in [3.05, 3.63) is 0 Å². The molecule has 120 valence electrons. The summed E-state index contributed by atoms with van der Waals surface area (Å²) in [5.41, 5.74) is -0.271. The Labute approximate surface area is 127 Å². The molecule has 0 aromatic rings. The molecule has 2 rings (SSSR count). The second-order valence-corrected chi connectivity index (χ2v) is 6.36. The number of rotatable bonds is 5. The van der Waals surface area contributed by atoms with Crippen molar-refractivity contribution in [2.45, 2.75) is 51.9 Å². The Morgan fingerprint density at radius 3 is 2.57 bits per heavy atom. The van der Waals surface area contributed by atoms with Gasteiger partial charge in [0.15, 0.2) is 0 Å². The summed E-state index contributed by atoms with van der Waals surface area (Å²) in [6.45, 7) is 6.07. The van der Waals surface area contributed by atoms with Crippen molar-refractivity contribution < 1.29 is 9.59 Å². The first-order valence-electron chi connectivity index (χ1n) is 8.45. The summed E-state index contributed by atoms with van der Waals surface area (Å²) in [6.07, 6.45) is 6.74. The third-order valence-electron chi connectivity index (χ3n) is 4.96. The molecule has 2 N–H and O–H groups in total. The van der Waals surface area contributed by atoms with E-state index in [1.54, 1.807) is 0 Å². The Hall–Kier alpha value is -1.10. The predicted molar refractivity (Wildman–Crippen MR) is 82.9 cm³/mol. The fourth-order valence-corrected chi connectivity index (χ4v) is 3.40. The van der Waals surface area contributed by atoms with E-state index in [1.165, 1.54) is 6.42 Å². The van der Waals surface area contributed by atoms with E-state index in [1.807, 2.05) is 4.90 Å². The van der Waals surface area contributed by atoms with Crippen LogP contribution in [0.4, 0.5) is 0 Å². The van der Waals surface area contributed by atoms with E-state index >= 15 is 0 Å². The zero-order valence-corrected chi connectivity index (χ0v) is 13.2. The molecule has 0 aromatic heterocycles. The van der Waals surface area contributed by atoms with Gasteiger partial charge in [-0.1, -0.05) is 6.92 Å². The number of likely N-dealkylation sites (tertiary alicyclic amines) is 1. The lowest BCUT2D eigenvalue weighted by Gasteiger charge is -2.35. The quantitative estimate of drug-likeness (QED) is 0.803. The molecular formula is C16H29N3O2. The minimum Gasteiger partial charge on any atom is -0.355 e. The highest BCUT2D eigenvalue weighted by molar-refractivity contribution is 5.84. The smallest absolute Gasteiger partial charge is 0.227 e. The number of carbonyl (C=O) groups is 2. The number of amides is 2. The molecule has 5 nitrogen and oxygen atoms in total. The Balaban J connectivity index is 1.74. The third-order valence-corrected chi connectivity index (χ3v) is 4.96. The number of nitrogens with one attached hydrogen (secondary N) is 2. The Bertz CT molecular complexity index is 359. The Morgan fingerprint density at radius 2 is 1.95 bits per heavy atom. The van der Waals surface area contributed by atoms with E-state index < -0.39 is 0 Å².